The normalized spacial score (nSPS) is 14.8. The van der Waals surface area contributed by atoms with Gasteiger partial charge in [-0.3, -0.25) is 14.5 Å². The minimum atomic E-state index is -0.312. The van der Waals surface area contributed by atoms with Crippen LogP contribution in [0.15, 0.2) is 76.1 Å². The van der Waals surface area contributed by atoms with Gasteiger partial charge in [0.05, 0.1) is 14.4 Å². The summed E-state index contributed by atoms with van der Waals surface area (Å²) in [5.41, 5.74) is 2.64. The molecule has 174 valence electrons. The number of hydrogen-bond acceptors (Lipinski definition) is 4. The molecule has 1 aliphatic rings. The van der Waals surface area contributed by atoms with Crippen molar-refractivity contribution in [3.8, 4) is 5.75 Å². The molecule has 3 aromatic rings. The number of carbonyl (C=O) groups is 2. The van der Waals surface area contributed by atoms with Crippen molar-refractivity contribution in [2.45, 2.75) is 19.4 Å². The van der Waals surface area contributed by atoms with E-state index in [1.807, 2.05) is 30.3 Å². The molecule has 0 saturated carbocycles. The van der Waals surface area contributed by atoms with Gasteiger partial charge in [-0.1, -0.05) is 54.1 Å². The highest BCUT2D eigenvalue weighted by Crippen LogP contribution is 2.38. The van der Waals surface area contributed by atoms with E-state index in [9.17, 15) is 14.0 Å². The Hall–Kier alpha value is -2.61. The topological polar surface area (TPSA) is 46.6 Å². The fourth-order valence-corrected chi connectivity index (χ4v) is 5.32. The Bertz CT molecular complexity index is 1210. The number of amides is 2. The van der Waals surface area contributed by atoms with Crippen LogP contribution in [0.2, 0.25) is 5.02 Å². The van der Waals surface area contributed by atoms with E-state index >= 15 is 0 Å². The molecule has 1 fully saturated rings. The number of halogens is 3. The van der Waals surface area contributed by atoms with Crippen molar-refractivity contribution in [1.29, 1.82) is 0 Å². The highest BCUT2D eigenvalue weighted by Gasteiger charge is 2.34. The van der Waals surface area contributed by atoms with E-state index in [0.717, 1.165) is 23.7 Å². The Kier molecular flexibility index (Phi) is 8.08. The number of carbonyl (C=O) groups excluding carboxylic acids is 2. The maximum atomic E-state index is 13.1. The van der Waals surface area contributed by atoms with Crippen molar-refractivity contribution < 1.29 is 18.7 Å². The molecule has 34 heavy (non-hydrogen) atoms. The molecule has 1 saturated heterocycles. The number of benzene rings is 3. The van der Waals surface area contributed by atoms with Crippen LogP contribution in [0, 0.1) is 5.82 Å². The predicted molar refractivity (Wildman–Crippen MR) is 137 cm³/mol. The molecule has 1 aliphatic heterocycles. The van der Waals surface area contributed by atoms with Crippen LogP contribution in [0.5, 0.6) is 5.75 Å². The van der Waals surface area contributed by atoms with Crippen molar-refractivity contribution in [3.63, 3.8) is 0 Å². The maximum absolute atomic E-state index is 13.1. The van der Waals surface area contributed by atoms with Crippen LogP contribution in [-0.2, 0) is 17.8 Å². The zero-order valence-corrected chi connectivity index (χ0v) is 21.1. The summed E-state index contributed by atoms with van der Waals surface area (Å²) in [5, 5.41) is 0.0820. The van der Waals surface area contributed by atoms with E-state index < -0.39 is 0 Å². The molecular weight excluding hydrogens is 541 g/mol. The lowest BCUT2D eigenvalue weighted by Crippen LogP contribution is -2.29. The number of rotatable bonds is 8. The number of imide groups is 1. The quantitative estimate of drug-likeness (QED) is 0.268. The molecule has 0 spiro atoms. The first-order chi connectivity index (χ1) is 16.4. The second-order valence-electron chi connectivity index (χ2n) is 7.65. The Morgan fingerprint density at radius 2 is 1.76 bits per heavy atom. The largest absolute Gasteiger partial charge is 0.486 e. The smallest absolute Gasteiger partial charge is 0.293 e. The van der Waals surface area contributed by atoms with Gasteiger partial charge in [0.1, 0.15) is 12.4 Å². The molecule has 0 aliphatic carbocycles. The van der Waals surface area contributed by atoms with Gasteiger partial charge in [-0.15, -0.1) is 0 Å². The number of thioether (sulfide) groups is 1. The van der Waals surface area contributed by atoms with Gasteiger partial charge in [-0.2, -0.15) is 0 Å². The zero-order chi connectivity index (χ0) is 24.1. The summed E-state index contributed by atoms with van der Waals surface area (Å²) in [6.45, 7) is 0.595. The molecule has 1 heterocycles. The van der Waals surface area contributed by atoms with Gasteiger partial charge >= 0.3 is 0 Å². The molecule has 0 bridgehead atoms. The van der Waals surface area contributed by atoms with Gasteiger partial charge in [0.2, 0.25) is 0 Å². The van der Waals surface area contributed by atoms with Gasteiger partial charge in [0.25, 0.3) is 11.1 Å². The van der Waals surface area contributed by atoms with Gasteiger partial charge in [-0.05, 0) is 87.6 Å². The van der Waals surface area contributed by atoms with Crippen molar-refractivity contribution >= 4 is 56.5 Å². The summed E-state index contributed by atoms with van der Waals surface area (Å²) in [7, 11) is 0. The monoisotopic (exact) mass is 559 g/mol. The molecule has 4 rings (SSSR count). The van der Waals surface area contributed by atoms with Crippen LogP contribution >= 0.6 is 39.3 Å². The first kappa shape index (κ1) is 24.5. The minimum absolute atomic E-state index is 0.222. The molecule has 0 unspecified atom stereocenters. The molecule has 4 nitrogen and oxygen atoms in total. The number of nitrogens with zero attached hydrogens (tertiary/aromatic N) is 1. The summed E-state index contributed by atoms with van der Waals surface area (Å²) >= 11 is 10.8. The summed E-state index contributed by atoms with van der Waals surface area (Å²) in [5.74, 6) is -0.169. The Morgan fingerprint density at radius 1 is 1.03 bits per heavy atom. The van der Waals surface area contributed by atoms with E-state index in [1.165, 1.54) is 22.6 Å². The lowest BCUT2D eigenvalue weighted by atomic mass is 10.1. The Morgan fingerprint density at radius 3 is 2.47 bits per heavy atom. The van der Waals surface area contributed by atoms with Crippen LogP contribution in [0.1, 0.15) is 23.1 Å². The molecule has 3 aromatic carbocycles. The van der Waals surface area contributed by atoms with E-state index in [-0.39, 0.29) is 23.6 Å². The standard InChI is InChI=1S/C26H20BrClFNO3S/c27-21-13-19(14-22(28)24(21)33-16-18-8-10-20(29)11-9-18)15-23-25(31)30(26(32)34-23)12-4-7-17-5-2-1-3-6-17/h1-3,5-6,8-11,13-15H,4,7,12,16H2/b23-15+. The van der Waals surface area contributed by atoms with Gasteiger partial charge in [0.15, 0.2) is 5.75 Å². The van der Waals surface area contributed by atoms with Crippen LogP contribution in [0.4, 0.5) is 9.18 Å². The van der Waals surface area contributed by atoms with Crippen molar-refractivity contribution in [1.82, 2.24) is 4.90 Å². The minimum Gasteiger partial charge on any atom is -0.486 e. The van der Waals surface area contributed by atoms with Gasteiger partial charge in [-0.25, -0.2) is 4.39 Å². The average molecular weight is 561 g/mol. The molecule has 0 atom stereocenters. The molecule has 8 heteroatoms. The zero-order valence-electron chi connectivity index (χ0n) is 18.0. The predicted octanol–water partition coefficient (Wildman–Crippen LogP) is 7.49. The molecular formula is C26H20BrClFNO3S. The van der Waals surface area contributed by atoms with E-state index in [1.54, 1.807) is 30.3 Å². The van der Waals surface area contributed by atoms with Crippen LogP contribution in [-0.4, -0.2) is 22.6 Å². The second-order valence-corrected chi connectivity index (χ2v) is 9.91. The summed E-state index contributed by atoms with van der Waals surface area (Å²) in [4.78, 5) is 26.8. The van der Waals surface area contributed by atoms with E-state index in [0.29, 0.717) is 38.7 Å². The van der Waals surface area contributed by atoms with Crippen LogP contribution < -0.4 is 4.74 Å². The molecule has 2 amide bonds. The first-order valence-corrected chi connectivity index (χ1v) is 12.5. The molecule has 0 aromatic heterocycles. The van der Waals surface area contributed by atoms with Gasteiger partial charge < -0.3 is 4.74 Å². The van der Waals surface area contributed by atoms with E-state index in [2.05, 4.69) is 15.9 Å². The van der Waals surface area contributed by atoms with Crippen molar-refractivity contribution in [3.05, 3.63) is 104 Å². The Labute approximate surface area is 214 Å². The SMILES string of the molecule is O=C1S/C(=C/c2cc(Cl)c(OCc3ccc(F)cc3)c(Br)c2)C(=O)N1CCCc1ccccc1. The number of ether oxygens (including phenoxy) is 1. The van der Waals surface area contributed by atoms with E-state index in [4.69, 9.17) is 16.3 Å². The number of hydrogen-bond donors (Lipinski definition) is 0. The maximum Gasteiger partial charge on any atom is 0.293 e. The molecule has 0 N–H and O–H groups in total. The second kappa shape index (κ2) is 11.2. The summed E-state index contributed by atoms with van der Waals surface area (Å²) in [6, 6.07) is 19.4. The van der Waals surface area contributed by atoms with Crippen LogP contribution in [0.25, 0.3) is 6.08 Å². The van der Waals surface area contributed by atoms with Crippen molar-refractivity contribution in [2.75, 3.05) is 6.54 Å². The lowest BCUT2D eigenvalue weighted by Gasteiger charge is -2.12. The third-order valence-electron chi connectivity index (χ3n) is 5.18. The number of aryl methyl sites for hydroxylation is 1. The van der Waals surface area contributed by atoms with Gasteiger partial charge in [0, 0.05) is 6.54 Å². The van der Waals surface area contributed by atoms with Crippen LogP contribution in [0.3, 0.4) is 0 Å². The Balaban J connectivity index is 1.41. The third-order valence-corrected chi connectivity index (χ3v) is 6.96. The fraction of sp³-hybridized carbons (Fsp3) is 0.154. The summed E-state index contributed by atoms with van der Waals surface area (Å²) in [6.07, 6.45) is 3.15. The third kappa shape index (κ3) is 6.09. The van der Waals surface area contributed by atoms with Crippen molar-refractivity contribution in [2.24, 2.45) is 0 Å². The lowest BCUT2D eigenvalue weighted by molar-refractivity contribution is -0.122. The average Bonchev–Trinajstić information content (AvgIpc) is 3.07. The highest BCUT2D eigenvalue weighted by atomic mass is 79.9. The molecule has 0 radical (unpaired) electrons. The fourth-order valence-electron chi connectivity index (χ4n) is 3.47. The summed E-state index contributed by atoms with van der Waals surface area (Å²) < 4.78 is 19.5. The first-order valence-electron chi connectivity index (χ1n) is 10.6. The highest BCUT2D eigenvalue weighted by molar-refractivity contribution is 9.10.